The van der Waals surface area contributed by atoms with Crippen molar-refractivity contribution in [3.05, 3.63) is 18.6 Å². The van der Waals surface area contributed by atoms with Gasteiger partial charge >= 0.3 is 0 Å². The van der Waals surface area contributed by atoms with Gasteiger partial charge in [0, 0.05) is 31.7 Å². The van der Waals surface area contributed by atoms with Gasteiger partial charge in [-0.2, -0.15) is 5.26 Å². The number of fused-ring (bicyclic) bond motifs is 1. The van der Waals surface area contributed by atoms with Crippen LogP contribution in [-0.4, -0.2) is 51.0 Å². The molecule has 7 heteroatoms. The first-order chi connectivity index (χ1) is 11.1. The first-order valence-corrected chi connectivity index (χ1v) is 8.21. The van der Waals surface area contributed by atoms with E-state index in [9.17, 15) is 0 Å². The molecule has 1 atom stereocenters. The minimum absolute atomic E-state index is 0.293. The summed E-state index contributed by atoms with van der Waals surface area (Å²) in [5.41, 5.74) is 1.16. The van der Waals surface area contributed by atoms with E-state index in [1.807, 2.05) is 12.3 Å². The van der Waals surface area contributed by atoms with Gasteiger partial charge < -0.3 is 14.8 Å². The van der Waals surface area contributed by atoms with Crippen LogP contribution in [0.4, 0.5) is 5.82 Å². The Hall–Kier alpha value is -2.20. The minimum atomic E-state index is 0.293. The predicted octanol–water partition coefficient (Wildman–Crippen LogP) is 2.10. The van der Waals surface area contributed by atoms with Gasteiger partial charge in [-0.3, -0.25) is 0 Å². The highest BCUT2D eigenvalue weighted by atomic mass is 32.1. The van der Waals surface area contributed by atoms with E-state index in [0.717, 1.165) is 34.9 Å². The Balaban J connectivity index is 1.64. The smallest absolute Gasteiger partial charge is 0.142 e. The van der Waals surface area contributed by atoms with Gasteiger partial charge in [-0.25, -0.2) is 9.97 Å². The lowest BCUT2D eigenvalue weighted by molar-refractivity contribution is 0.458. The van der Waals surface area contributed by atoms with Crippen molar-refractivity contribution in [1.29, 1.82) is 5.26 Å². The van der Waals surface area contributed by atoms with Gasteiger partial charge in [0.15, 0.2) is 0 Å². The van der Waals surface area contributed by atoms with Crippen molar-refractivity contribution in [3.63, 3.8) is 0 Å². The number of aromatic nitrogens is 3. The molecular weight excluding hydrogens is 308 g/mol. The molecule has 1 spiro atoms. The number of nitrogens with zero attached hydrogens (tertiary/aromatic N) is 5. The normalized spacial score (nSPS) is 21.6. The number of H-pyrrole nitrogens is 1. The number of rotatable bonds is 3. The molecule has 1 N–H and O–H groups in total. The molecular formula is C16H18N6S. The number of nitriles is 1. The number of anilines is 1. The molecule has 3 heterocycles. The van der Waals surface area contributed by atoms with E-state index in [2.05, 4.69) is 37.9 Å². The third kappa shape index (κ3) is 2.25. The highest BCUT2D eigenvalue weighted by molar-refractivity contribution is 7.80. The summed E-state index contributed by atoms with van der Waals surface area (Å²) in [6.07, 6.45) is 6.27. The van der Waals surface area contributed by atoms with Crippen LogP contribution in [0.2, 0.25) is 0 Å². The van der Waals surface area contributed by atoms with Crippen molar-refractivity contribution in [2.75, 3.05) is 25.0 Å². The fraction of sp³-hybridized carbons (Fsp3) is 0.500. The molecule has 118 valence electrons. The van der Waals surface area contributed by atoms with E-state index in [4.69, 9.17) is 17.5 Å². The molecule has 0 bridgehead atoms. The van der Waals surface area contributed by atoms with Gasteiger partial charge in [0.05, 0.1) is 28.9 Å². The zero-order valence-electron chi connectivity index (χ0n) is 13.0. The van der Waals surface area contributed by atoms with Gasteiger partial charge in [-0.05, 0) is 18.9 Å². The first kappa shape index (κ1) is 14.4. The van der Waals surface area contributed by atoms with Crippen molar-refractivity contribution in [1.82, 2.24) is 19.9 Å². The van der Waals surface area contributed by atoms with E-state index in [1.165, 1.54) is 12.8 Å². The summed E-state index contributed by atoms with van der Waals surface area (Å²) >= 11 is 5.42. The molecule has 0 radical (unpaired) electrons. The van der Waals surface area contributed by atoms with Crippen LogP contribution < -0.4 is 4.90 Å². The minimum Gasteiger partial charge on any atom is -0.363 e. The van der Waals surface area contributed by atoms with E-state index >= 15 is 0 Å². The highest BCUT2D eigenvalue weighted by Gasteiger charge is 2.57. The summed E-state index contributed by atoms with van der Waals surface area (Å²) in [4.78, 5) is 17.2. The van der Waals surface area contributed by atoms with Crippen LogP contribution in [0.15, 0.2) is 18.6 Å². The Labute approximate surface area is 140 Å². The van der Waals surface area contributed by atoms with Crippen molar-refractivity contribution >= 4 is 34.1 Å². The Morgan fingerprint density at radius 3 is 3.13 bits per heavy atom. The summed E-state index contributed by atoms with van der Waals surface area (Å²) in [5, 5.41) is 9.94. The molecule has 2 aromatic rings. The summed E-state index contributed by atoms with van der Waals surface area (Å²) in [5.74, 6) is 0.959. The lowest BCUT2D eigenvalue weighted by Crippen LogP contribution is -2.40. The lowest BCUT2D eigenvalue weighted by atomic mass is 9.99. The zero-order chi connectivity index (χ0) is 16.0. The zero-order valence-corrected chi connectivity index (χ0v) is 13.8. The topological polar surface area (TPSA) is 71.8 Å². The second-order valence-electron chi connectivity index (χ2n) is 6.54. The Kier molecular flexibility index (Phi) is 3.23. The Morgan fingerprint density at radius 2 is 2.39 bits per heavy atom. The molecule has 2 aromatic heterocycles. The van der Waals surface area contributed by atoms with Crippen LogP contribution in [0.5, 0.6) is 0 Å². The summed E-state index contributed by atoms with van der Waals surface area (Å²) in [6, 6.07) is 4.56. The highest BCUT2D eigenvalue weighted by Crippen LogP contribution is 2.55. The standard InChI is InChI=1S/C16H18N6S/c1-21(15-11-3-7-18-14(11)19-10-20-15)12-8-22(13(23)2-6-17)9-16(12)4-5-16/h3,7,10,12H,2,4-5,8-9H2,1H3,(H,18,19,20)/t12-/m0/s1. The monoisotopic (exact) mass is 326 g/mol. The van der Waals surface area contributed by atoms with E-state index in [0.29, 0.717) is 17.9 Å². The Bertz CT molecular complexity index is 802. The van der Waals surface area contributed by atoms with Crippen LogP contribution >= 0.6 is 12.2 Å². The number of thiocarbonyl (C=S) groups is 1. The van der Waals surface area contributed by atoms with Crippen LogP contribution in [0.1, 0.15) is 19.3 Å². The molecule has 2 fully saturated rings. The molecule has 0 amide bonds. The average Bonchev–Trinajstić information content (AvgIpc) is 2.99. The molecule has 1 saturated heterocycles. The van der Waals surface area contributed by atoms with Crippen molar-refractivity contribution < 1.29 is 0 Å². The molecule has 6 nitrogen and oxygen atoms in total. The maximum atomic E-state index is 8.90. The van der Waals surface area contributed by atoms with E-state index in [-0.39, 0.29) is 0 Å². The van der Waals surface area contributed by atoms with Gasteiger partial charge in [0.2, 0.25) is 0 Å². The maximum Gasteiger partial charge on any atom is 0.142 e. The summed E-state index contributed by atoms with van der Waals surface area (Å²) in [7, 11) is 2.11. The second kappa shape index (κ2) is 5.17. The number of aromatic amines is 1. The number of likely N-dealkylation sites (tertiary alicyclic amines) is 1. The first-order valence-electron chi connectivity index (χ1n) is 7.80. The van der Waals surface area contributed by atoms with Crippen LogP contribution in [0.25, 0.3) is 11.0 Å². The van der Waals surface area contributed by atoms with Crippen LogP contribution in [0.3, 0.4) is 0 Å². The third-order valence-electron chi connectivity index (χ3n) is 5.22. The number of hydrogen-bond donors (Lipinski definition) is 1. The summed E-state index contributed by atoms with van der Waals surface area (Å²) in [6.45, 7) is 1.83. The van der Waals surface area contributed by atoms with Gasteiger partial charge in [-0.1, -0.05) is 12.2 Å². The number of likely N-dealkylation sites (N-methyl/N-ethyl adjacent to an activating group) is 1. The number of nitrogens with one attached hydrogen (secondary N) is 1. The summed E-state index contributed by atoms with van der Waals surface area (Å²) < 4.78 is 0. The third-order valence-corrected chi connectivity index (χ3v) is 5.62. The molecule has 1 aliphatic heterocycles. The molecule has 0 aromatic carbocycles. The largest absolute Gasteiger partial charge is 0.363 e. The fourth-order valence-corrected chi connectivity index (χ4v) is 4.00. The molecule has 1 saturated carbocycles. The average molecular weight is 326 g/mol. The quantitative estimate of drug-likeness (QED) is 0.871. The van der Waals surface area contributed by atoms with E-state index in [1.54, 1.807) is 6.33 Å². The van der Waals surface area contributed by atoms with E-state index < -0.39 is 0 Å². The molecule has 0 unspecified atom stereocenters. The van der Waals surface area contributed by atoms with Crippen molar-refractivity contribution in [2.24, 2.45) is 5.41 Å². The predicted molar refractivity (Wildman–Crippen MR) is 92.1 cm³/mol. The molecule has 2 aliphatic rings. The lowest BCUT2D eigenvalue weighted by Gasteiger charge is -2.30. The van der Waals surface area contributed by atoms with Crippen molar-refractivity contribution in [2.45, 2.75) is 25.3 Å². The SMILES string of the molecule is CN(c1ncnc2[nH]ccc12)[C@H]1CN(C(=S)CC#N)CC12CC2. The van der Waals surface area contributed by atoms with Gasteiger partial charge in [0.1, 0.15) is 17.8 Å². The fourth-order valence-electron chi connectivity index (χ4n) is 3.79. The van der Waals surface area contributed by atoms with Crippen molar-refractivity contribution in [3.8, 4) is 6.07 Å². The molecule has 4 rings (SSSR count). The molecule has 23 heavy (non-hydrogen) atoms. The maximum absolute atomic E-state index is 8.90. The Morgan fingerprint density at radius 1 is 1.57 bits per heavy atom. The molecule has 1 aliphatic carbocycles. The second-order valence-corrected chi connectivity index (χ2v) is 7.01. The van der Waals surface area contributed by atoms with Crippen LogP contribution in [0, 0.1) is 16.7 Å². The van der Waals surface area contributed by atoms with Gasteiger partial charge in [-0.15, -0.1) is 0 Å². The van der Waals surface area contributed by atoms with Gasteiger partial charge in [0.25, 0.3) is 0 Å². The van der Waals surface area contributed by atoms with Crippen LogP contribution in [-0.2, 0) is 0 Å². The number of hydrogen-bond acceptors (Lipinski definition) is 5.